The lowest BCUT2D eigenvalue weighted by molar-refractivity contribution is 0.126. The molecule has 0 bridgehead atoms. The Balaban J connectivity index is 1.65. The Labute approximate surface area is 155 Å². The molecule has 1 aromatic carbocycles. The van der Waals surface area contributed by atoms with Crippen molar-refractivity contribution in [2.45, 2.75) is 57.8 Å². The maximum absolute atomic E-state index is 13.7. The van der Waals surface area contributed by atoms with Gasteiger partial charge in [-0.05, 0) is 61.6 Å². The van der Waals surface area contributed by atoms with Crippen LogP contribution in [0.3, 0.4) is 0 Å². The molecule has 0 amide bonds. The molecule has 0 saturated heterocycles. The first-order valence-corrected chi connectivity index (χ1v) is 9.70. The second-order valence-corrected chi connectivity index (χ2v) is 7.30. The van der Waals surface area contributed by atoms with Crippen molar-refractivity contribution in [2.75, 3.05) is 13.2 Å². The summed E-state index contributed by atoms with van der Waals surface area (Å²) in [7, 11) is 0. The largest absolute Gasteiger partial charge is 0.381 e. The van der Waals surface area contributed by atoms with Gasteiger partial charge >= 0.3 is 0 Å². The molecule has 0 radical (unpaired) electrons. The zero-order chi connectivity index (χ0) is 18.8. The van der Waals surface area contributed by atoms with Crippen molar-refractivity contribution in [1.82, 2.24) is 0 Å². The Hall–Kier alpha value is -1.73. The van der Waals surface area contributed by atoms with E-state index in [-0.39, 0.29) is 0 Å². The molecule has 0 unspecified atom stereocenters. The minimum Gasteiger partial charge on any atom is -0.381 e. The third-order valence-electron chi connectivity index (χ3n) is 5.39. The van der Waals surface area contributed by atoms with Gasteiger partial charge in [-0.2, -0.15) is 5.26 Å². The van der Waals surface area contributed by atoms with E-state index in [1.165, 1.54) is 44.2 Å². The first kappa shape index (κ1) is 20.6. The molecule has 0 aliphatic heterocycles. The lowest BCUT2D eigenvalue weighted by Crippen LogP contribution is -2.16. The fraction of sp³-hybridized carbons (Fsp3) is 0.591. The standard InChI is InChI=1S/C22H29F2NO/c1-2-3-12-26-13-4-5-17-6-8-18(9-7-17)10-11-19-14-21(23)20(16-25)22(24)15-19/h2,14-15,17-18H,1,3-13H2. The summed E-state index contributed by atoms with van der Waals surface area (Å²) in [5, 5.41) is 8.72. The van der Waals surface area contributed by atoms with Crippen LogP contribution in [0.1, 0.15) is 62.5 Å². The fourth-order valence-electron chi connectivity index (χ4n) is 3.80. The van der Waals surface area contributed by atoms with Crippen LogP contribution in [0.5, 0.6) is 0 Å². The van der Waals surface area contributed by atoms with E-state index in [4.69, 9.17) is 10.00 Å². The molecule has 1 aliphatic rings. The third-order valence-corrected chi connectivity index (χ3v) is 5.39. The Morgan fingerprint density at radius 3 is 2.27 bits per heavy atom. The highest BCUT2D eigenvalue weighted by atomic mass is 19.1. The summed E-state index contributed by atoms with van der Waals surface area (Å²) in [6.07, 6.45) is 11.7. The predicted molar refractivity (Wildman–Crippen MR) is 99.7 cm³/mol. The Morgan fingerprint density at radius 2 is 1.69 bits per heavy atom. The van der Waals surface area contributed by atoms with Gasteiger partial charge in [0.05, 0.1) is 0 Å². The third kappa shape index (κ3) is 6.53. The number of nitriles is 1. The smallest absolute Gasteiger partial charge is 0.144 e. The first-order valence-electron chi connectivity index (χ1n) is 9.70. The van der Waals surface area contributed by atoms with Crippen LogP contribution in [0.4, 0.5) is 8.78 Å². The topological polar surface area (TPSA) is 33.0 Å². The van der Waals surface area contributed by atoms with Crippen molar-refractivity contribution in [3.8, 4) is 6.07 Å². The highest BCUT2D eigenvalue weighted by Gasteiger charge is 2.21. The van der Waals surface area contributed by atoms with Gasteiger partial charge in [-0.15, -0.1) is 6.58 Å². The van der Waals surface area contributed by atoms with E-state index in [1.807, 2.05) is 6.08 Å². The lowest BCUT2D eigenvalue weighted by atomic mass is 9.78. The van der Waals surface area contributed by atoms with Gasteiger partial charge < -0.3 is 4.74 Å². The van der Waals surface area contributed by atoms with Crippen molar-refractivity contribution in [3.05, 3.63) is 47.5 Å². The molecular weight excluding hydrogens is 332 g/mol. The van der Waals surface area contributed by atoms with E-state index in [1.54, 1.807) is 6.07 Å². The summed E-state index contributed by atoms with van der Waals surface area (Å²) in [5.41, 5.74) is 0.167. The quantitative estimate of drug-likeness (QED) is 0.381. The summed E-state index contributed by atoms with van der Waals surface area (Å²) in [5.74, 6) is -0.0704. The average Bonchev–Trinajstić information content (AvgIpc) is 2.63. The van der Waals surface area contributed by atoms with Gasteiger partial charge in [0.25, 0.3) is 0 Å². The van der Waals surface area contributed by atoms with Gasteiger partial charge in [-0.25, -0.2) is 8.78 Å². The SMILES string of the molecule is C=CCCOCCCC1CCC(CCc2cc(F)c(C#N)c(F)c2)CC1. The van der Waals surface area contributed by atoms with E-state index < -0.39 is 17.2 Å². The van der Waals surface area contributed by atoms with Gasteiger partial charge in [0.2, 0.25) is 0 Å². The van der Waals surface area contributed by atoms with E-state index >= 15 is 0 Å². The van der Waals surface area contributed by atoms with Crippen molar-refractivity contribution in [1.29, 1.82) is 5.26 Å². The molecule has 1 fully saturated rings. The second-order valence-electron chi connectivity index (χ2n) is 7.30. The van der Waals surface area contributed by atoms with Gasteiger partial charge in [0, 0.05) is 13.2 Å². The number of hydrogen-bond donors (Lipinski definition) is 0. The summed E-state index contributed by atoms with van der Waals surface area (Å²) in [4.78, 5) is 0. The van der Waals surface area contributed by atoms with Crippen LogP contribution in [-0.4, -0.2) is 13.2 Å². The van der Waals surface area contributed by atoms with E-state index in [9.17, 15) is 8.78 Å². The molecule has 1 aliphatic carbocycles. The monoisotopic (exact) mass is 361 g/mol. The van der Waals surface area contributed by atoms with Crippen molar-refractivity contribution < 1.29 is 13.5 Å². The van der Waals surface area contributed by atoms with Crippen molar-refractivity contribution in [2.24, 2.45) is 11.8 Å². The lowest BCUT2D eigenvalue weighted by Gasteiger charge is -2.28. The molecule has 1 aromatic rings. The summed E-state index contributed by atoms with van der Waals surface area (Å²) >= 11 is 0. The zero-order valence-corrected chi connectivity index (χ0v) is 15.5. The minimum absolute atomic E-state index is 0.484. The number of nitrogens with zero attached hydrogens (tertiary/aromatic N) is 1. The molecule has 0 aromatic heterocycles. The zero-order valence-electron chi connectivity index (χ0n) is 15.5. The molecule has 142 valence electrons. The van der Waals surface area contributed by atoms with Crippen LogP contribution in [0.2, 0.25) is 0 Å². The maximum Gasteiger partial charge on any atom is 0.144 e. The van der Waals surface area contributed by atoms with Crippen LogP contribution >= 0.6 is 0 Å². The fourth-order valence-corrected chi connectivity index (χ4v) is 3.80. The Bertz CT molecular complexity index is 592. The number of rotatable bonds is 10. The normalized spacial score (nSPS) is 19.9. The second kappa shape index (κ2) is 11.1. The average molecular weight is 361 g/mol. The summed E-state index contributed by atoms with van der Waals surface area (Å²) in [6, 6.07) is 4.18. The minimum atomic E-state index is -0.749. The van der Waals surface area contributed by atoms with E-state index in [0.717, 1.165) is 38.4 Å². The highest BCUT2D eigenvalue weighted by molar-refractivity contribution is 5.35. The Morgan fingerprint density at radius 1 is 1.08 bits per heavy atom. The van der Waals surface area contributed by atoms with Crippen LogP contribution in [0.15, 0.2) is 24.8 Å². The molecule has 2 rings (SSSR count). The van der Waals surface area contributed by atoms with Gasteiger partial charge in [0.1, 0.15) is 23.3 Å². The number of ether oxygens (including phenoxy) is 1. The van der Waals surface area contributed by atoms with Gasteiger partial charge in [-0.3, -0.25) is 0 Å². The van der Waals surface area contributed by atoms with Gasteiger partial charge in [-0.1, -0.05) is 31.8 Å². The molecule has 0 spiro atoms. The molecule has 1 saturated carbocycles. The summed E-state index contributed by atoms with van der Waals surface area (Å²) < 4.78 is 32.9. The number of benzene rings is 1. The highest BCUT2D eigenvalue weighted by Crippen LogP contribution is 2.34. The van der Waals surface area contributed by atoms with Crippen LogP contribution in [0.25, 0.3) is 0 Å². The molecule has 4 heteroatoms. The molecular formula is C22H29F2NO. The Kier molecular flexibility index (Phi) is 8.77. The molecule has 0 atom stereocenters. The molecule has 0 heterocycles. The van der Waals surface area contributed by atoms with Crippen LogP contribution < -0.4 is 0 Å². The predicted octanol–water partition coefficient (Wildman–Crippen LogP) is 5.95. The molecule has 2 nitrogen and oxygen atoms in total. The number of hydrogen-bond acceptors (Lipinski definition) is 2. The van der Waals surface area contributed by atoms with E-state index in [2.05, 4.69) is 6.58 Å². The van der Waals surface area contributed by atoms with Crippen molar-refractivity contribution >= 4 is 0 Å². The van der Waals surface area contributed by atoms with Crippen molar-refractivity contribution in [3.63, 3.8) is 0 Å². The maximum atomic E-state index is 13.7. The molecule has 26 heavy (non-hydrogen) atoms. The summed E-state index contributed by atoms with van der Waals surface area (Å²) in [6.45, 7) is 5.29. The van der Waals surface area contributed by atoms with E-state index in [0.29, 0.717) is 17.9 Å². The molecule has 0 N–H and O–H groups in total. The first-order chi connectivity index (χ1) is 12.6. The number of aryl methyl sites for hydroxylation is 1. The van der Waals surface area contributed by atoms with Crippen LogP contribution in [0, 0.1) is 34.8 Å². The van der Waals surface area contributed by atoms with Gasteiger partial charge in [0.15, 0.2) is 0 Å². The van der Waals surface area contributed by atoms with Crippen LogP contribution in [-0.2, 0) is 11.2 Å². The number of halogens is 2.